The second-order valence-electron chi connectivity index (χ2n) is 6.60. The van der Waals surface area contributed by atoms with Crippen molar-refractivity contribution in [3.8, 4) is 0 Å². The predicted molar refractivity (Wildman–Crippen MR) is 96.1 cm³/mol. The molecule has 0 N–H and O–H groups in total. The molecule has 0 saturated carbocycles. The van der Waals surface area contributed by atoms with Crippen molar-refractivity contribution in [2.75, 3.05) is 13.1 Å². The summed E-state index contributed by atoms with van der Waals surface area (Å²) in [6.45, 7) is 1.61. The summed E-state index contributed by atoms with van der Waals surface area (Å²) in [7, 11) is 0. The lowest BCUT2D eigenvalue weighted by atomic mass is 9.89. The Hall–Kier alpha value is -2.82. The largest absolute Gasteiger partial charge is 0.339 e. The second kappa shape index (κ2) is 6.97. The van der Waals surface area contributed by atoms with E-state index in [0.29, 0.717) is 11.5 Å². The minimum atomic E-state index is 0.0603. The molecule has 0 atom stereocenters. The average molecular weight is 332 g/mol. The molecule has 0 spiro atoms. The molecule has 2 aromatic heterocycles. The number of likely N-dealkylation sites (tertiary alicyclic amines) is 1. The normalized spacial score (nSPS) is 15.4. The van der Waals surface area contributed by atoms with Crippen molar-refractivity contribution in [1.82, 2.24) is 20.1 Å². The van der Waals surface area contributed by atoms with Gasteiger partial charge in [0, 0.05) is 24.7 Å². The van der Waals surface area contributed by atoms with Crippen molar-refractivity contribution in [1.29, 1.82) is 0 Å². The molecular weight excluding hydrogens is 312 g/mol. The van der Waals surface area contributed by atoms with E-state index in [2.05, 4.69) is 39.4 Å². The zero-order valence-corrected chi connectivity index (χ0v) is 14.0. The molecule has 0 radical (unpaired) electrons. The Morgan fingerprint density at radius 1 is 1.08 bits per heavy atom. The summed E-state index contributed by atoms with van der Waals surface area (Å²) < 4.78 is 0. The van der Waals surface area contributed by atoms with E-state index in [1.165, 1.54) is 17.1 Å². The van der Waals surface area contributed by atoms with Gasteiger partial charge in [-0.2, -0.15) is 10.2 Å². The summed E-state index contributed by atoms with van der Waals surface area (Å²) >= 11 is 0. The molecule has 1 saturated heterocycles. The SMILES string of the molecule is O=C(c1ccnnc1)N1CCC(Cc2ccc3ncccc3c2)CC1. The van der Waals surface area contributed by atoms with E-state index >= 15 is 0 Å². The van der Waals surface area contributed by atoms with Gasteiger partial charge in [0.05, 0.1) is 23.5 Å². The number of fused-ring (bicyclic) bond motifs is 1. The molecule has 126 valence electrons. The van der Waals surface area contributed by atoms with E-state index < -0.39 is 0 Å². The van der Waals surface area contributed by atoms with E-state index in [1.807, 2.05) is 17.2 Å². The van der Waals surface area contributed by atoms with Gasteiger partial charge in [0.2, 0.25) is 0 Å². The molecule has 3 heterocycles. The third-order valence-corrected chi connectivity index (χ3v) is 4.92. The van der Waals surface area contributed by atoms with Gasteiger partial charge in [0.25, 0.3) is 5.91 Å². The maximum Gasteiger partial charge on any atom is 0.255 e. The third-order valence-electron chi connectivity index (χ3n) is 4.92. The Bertz CT molecular complexity index is 873. The molecule has 1 aromatic carbocycles. The number of hydrogen-bond acceptors (Lipinski definition) is 4. The van der Waals surface area contributed by atoms with E-state index in [4.69, 9.17) is 0 Å². The molecule has 0 bridgehead atoms. The van der Waals surface area contributed by atoms with Crippen LogP contribution in [0.3, 0.4) is 0 Å². The quantitative estimate of drug-likeness (QED) is 0.739. The molecule has 5 nitrogen and oxygen atoms in total. The van der Waals surface area contributed by atoms with Gasteiger partial charge in [-0.15, -0.1) is 0 Å². The van der Waals surface area contributed by atoms with Crippen LogP contribution in [0.4, 0.5) is 0 Å². The van der Waals surface area contributed by atoms with E-state index in [0.717, 1.165) is 37.9 Å². The number of hydrogen-bond donors (Lipinski definition) is 0. The van der Waals surface area contributed by atoms with Gasteiger partial charge in [-0.3, -0.25) is 9.78 Å². The maximum absolute atomic E-state index is 12.5. The van der Waals surface area contributed by atoms with Crippen LogP contribution in [-0.2, 0) is 6.42 Å². The van der Waals surface area contributed by atoms with Gasteiger partial charge in [0.15, 0.2) is 0 Å². The van der Waals surface area contributed by atoms with Gasteiger partial charge in [-0.05, 0) is 55.0 Å². The fraction of sp³-hybridized carbons (Fsp3) is 0.300. The van der Waals surface area contributed by atoms with Crippen LogP contribution in [0.25, 0.3) is 10.9 Å². The molecule has 0 aliphatic carbocycles. The molecule has 4 rings (SSSR count). The van der Waals surface area contributed by atoms with E-state index in [9.17, 15) is 4.79 Å². The highest BCUT2D eigenvalue weighted by Crippen LogP contribution is 2.24. The Kier molecular flexibility index (Phi) is 4.37. The monoisotopic (exact) mass is 332 g/mol. The molecule has 1 aliphatic heterocycles. The van der Waals surface area contributed by atoms with Crippen molar-refractivity contribution in [3.05, 3.63) is 66.1 Å². The lowest BCUT2D eigenvalue weighted by Crippen LogP contribution is -2.39. The predicted octanol–water partition coefficient (Wildman–Crippen LogP) is 3.12. The van der Waals surface area contributed by atoms with Crippen LogP contribution in [0.5, 0.6) is 0 Å². The van der Waals surface area contributed by atoms with Gasteiger partial charge < -0.3 is 4.90 Å². The summed E-state index contributed by atoms with van der Waals surface area (Å²) in [5.74, 6) is 0.680. The summed E-state index contributed by atoms with van der Waals surface area (Å²) in [5, 5.41) is 8.71. The highest BCUT2D eigenvalue weighted by Gasteiger charge is 2.24. The van der Waals surface area contributed by atoms with Crippen molar-refractivity contribution in [2.24, 2.45) is 5.92 Å². The van der Waals surface area contributed by atoms with Crippen molar-refractivity contribution >= 4 is 16.8 Å². The third kappa shape index (κ3) is 3.50. The first-order valence-electron chi connectivity index (χ1n) is 8.69. The molecule has 5 heteroatoms. The van der Waals surface area contributed by atoms with Crippen LogP contribution in [0.15, 0.2) is 55.0 Å². The zero-order valence-electron chi connectivity index (χ0n) is 14.0. The van der Waals surface area contributed by atoms with Crippen molar-refractivity contribution < 1.29 is 4.79 Å². The fourth-order valence-corrected chi connectivity index (χ4v) is 3.53. The average Bonchev–Trinajstić information content (AvgIpc) is 2.69. The lowest BCUT2D eigenvalue weighted by Gasteiger charge is -2.32. The first kappa shape index (κ1) is 15.7. The number of carbonyl (C=O) groups excluding carboxylic acids is 1. The lowest BCUT2D eigenvalue weighted by molar-refractivity contribution is 0.0690. The van der Waals surface area contributed by atoms with Gasteiger partial charge in [0.1, 0.15) is 0 Å². The van der Waals surface area contributed by atoms with Crippen LogP contribution in [0, 0.1) is 5.92 Å². The molecule has 25 heavy (non-hydrogen) atoms. The number of pyridine rings is 1. The molecule has 1 fully saturated rings. The number of amides is 1. The number of aromatic nitrogens is 3. The van der Waals surface area contributed by atoms with Crippen LogP contribution in [0.1, 0.15) is 28.8 Å². The van der Waals surface area contributed by atoms with E-state index in [1.54, 1.807) is 12.3 Å². The summed E-state index contributed by atoms with van der Waals surface area (Å²) in [4.78, 5) is 18.8. The molecule has 1 aliphatic rings. The van der Waals surface area contributed by atoms with Gasteiger partial charge in [-0.1, -0.05) is 12.1 Å². The number of nitrogens with zero attached hydrogens (tertiary/aromatic N) is 4. The smallest absolute Gasteiger partial charge is 0.255 e. The number of piperidine rings is 1. The molecule has 0 unspecified atom stereocenters. The first-order chi connectivity index (χ1) is 12.3. The minimum absolute atomic E-state index is 0.0603. The topological polar surface area (TPSA) is 59.0 Å². The first-order valence-corrected chi connectivity index (χ1v) is 8.69. The highest BCUT2D eigenvalue weighted by atomic mass is 16.2. The highest BCUT2D eigenvalue weighted by molar-refractivity contribution is 5.93. The zero-order chi connectivity index (χ0) is 17.1. The number of benzene rings is 1. The van der Waals surface area contributed by atoms with E-state index in [-0.39, 0.29) is 5.91 Å². The standard InChI is InChI=1S/C20H20N4O/c25-20(18-5-9-22-23-14-18)24-10-6-15(7-11-24)12-16-3-4-19-17(13-16)2-1-8-21-19/h1-5,8-9,13-15H,6-7,10-12H2. The molecule has 3 aromatic rings. The Balaban J connectivity index is 1.37. The van der Waals surface area contributed by atoms with Crippen LogP contribution >= 0.6 is 0 Å². The number of carbonyl (C=O) groups is 1. The van der Waals surface area contributed by atoms with Crippen LogP contribution < -0.4 is 0 Å². The fourth-order valence-electron chi connectivity index (χ4n) is 3.53. The summed E-state index contributed by atoms with van der Waals surface area (Å²) in [6.07, 6.45) is 8.06. The Morgan fingerprint density at radius 2 is 1.96 bits per heavy atom. The minimum Gasteiger partial charge on any atom is -0.339 e. The Morgan fingerprint density at radius 3 is 2.76 bits per heavy atom. The molecular formula is C20H20N4O. The molecule has 1 amide bonds. The van der Waals surface area contributed by atoms with Crippen LogP contribution in [-0.4, -0.2) is 39.1 Å². The summed E-state index contributed by atoms with van der Waals surface area (Å²) in [6, 6.07) is 12.3. The Labute approximate surface area is 146 Å². The second-order valence-corrected chi connectivity index (χ2v) is 6.60. The van der Waals surface area contributed by atoms with Crippen molar-refractivity contribution in [3.63, 3.8) is 0 Å². The van der Waals surface area contributed by atoms with Crippen molar-refractivity contribution in [2.45, 2.75) is 19.3 Å². The maximum atomic E-state index is 12.5. The number of rotatable bonds is 3. The van der Waals surface area contributed by atoms with Gasteiger partial charge in [-0.25, -0.2) is 0 Å². The summed E-state index contributed by atoms with van der Waals surface area (Å²) in [5.41, 5.74) is 3.01. The van der Waals surface area contributed by atoms with Gasteiger partial charge >= 0.3 is 0 Å². The van der Waals surface area contributed by atoms with Crippen LogP contribution in [0.2, 0.25) is 0 Å².